The van der Waals surface area contributed by atoms with Crippen LogP contribution in [0.2, 0.25) is 0 Å². The van der Waals surface area contributed by atoms with Crippen LogP contribution >= 0.6 is 0 Å². The molecule has 12 heteroatoms. The summed E-state index contributed by atoms with van der Waals surface area (Å²) >= 11 is 0. The molecule has 0 aliphatic carbocycles. The third-order valence-electron chi connectivity index (χ3n) is 7.21. The average molecular weight is 595 g/mol. The normalized spacial score (nSPS) is 10.8. The van der Waals surface area contributed by atoms with E-state index in [2.05, 4.69) is 19.9 Å². The number of ether oxygens (including phenoxy) is 4. The van der Waals surface area contributed by atoms with Gasteiger partial charge in [0.05, 0.1) is 28.4 Å². The standard InChI is InChI=1S/C32H34N8O4/c1-41-25-13-17(9-21-15-37-31(35)39-29(21)33)11-23(27(25)43-3)19-5-7-20(8-6-19)24-12-18(14-26(42-2)28(24)44-4)10-22-16-38-32(36)40-30(22)34/h5-8,11-16H,9-10H2,1-4H3,(H4,33,35,37,39)(H4,34,36,38,40). The molecule has 0 spiro atoms. The van der Waals surface area contributed by atoms with Gasteiger partial charge in [0, 0.05) is 47.5 Å². The minimum atomic E-state index is 0.127. The maximum Gasteiger partial charge on any atom is 0.221 e. The van der Waals surface area contributed by atoms with Crippen molar-refractivity contribution in [3.8, 4) is 45.3 Å². The summed E-state index contributed by atoms with van der Waals surface area (Å²) in [5, 5.41) is 0. The van der Waals surface area contributed by atoms with E-state index in [1.165, 1.54) is 0 Å². The fourth-order valence-electron chi connectivity index (χ4n) is 5.09. The molecule has 44 heavy (non-hydrogen) atoms. The van der Waals surface area contributed by atoms with Crippen LogP contribution in [0.3, 0.4) is 0 Å². The average Bonchev–Trinajstić information content (AvgIpc) is 3.02. The van der Waals surface area contributed by atoms with Crippen LogP contribution in [0.5, 0.6) is 23.0 Å². The highest BCUT2D eigenvalue weighted by molar-refractivity contribution is 5.80. The molecule has 0 radical (unpaired) electrons. The van der Waals surface area contributed by atoms with Crippen LogP contribution in [0, 0.1) is 0 Å². The van der Waals surface area contributed by atoms with Gasteiger partial charge in [-0.25, -0.2) is 9.97 Å². The first-order valence-electron chi connectivity index (χ1n) is 13.6. The zero-order valence-corrected chi connectivity index (χ0v) is 24.9. The Labute approximate surface area is 255 Å². The Morgan fingerprint density at radius 2 is 0.932 bits per heavy atom. The van der Waals surface area contributed by atoms with Crippen molar-refractivity contribution in [3.63, 3.8) is 0 Å². The van der Waals surface area contributed by atoms with Crippen LogP contribution in [0.4, 0.5) is 23.5 Å². The fourth-order valence-corrected chi connectivity index (χ4v) is 5.09. The summed E-state index contributed by atoms with van der Waals surface area (Å²) in [5.41, 5.74) is 30.5. The zero-order valence-electron chi connectivity index (χ0n) is 24.9. The Balaban J connectivity index is 1.54. The largest absolute Gasteiger partial charge is 0.493 e. The van der Waals surface area contributed by atoms with Gasteiger partial charge in [-0.15, -0.1) is 0 Å². The quantitative estimate of drug-likeness (QED) is 0.181. The van der Waals surface area contributed by atoms with E-state index in [0.29, 0.717) is 47.5 Å². The van der Waals surface area contributed by atoms with Crippen LogP contribution < -0.4 is 41.9 Å². The van der Waals surface area contributed by atoms with Gasteiger partial charge in [0.1, 0.15) is 11.6 Å². The van der Waals surface area contributed by atoms with Crippen LogP contribution in [0.15, 0.2) is 60.9 Å². The molecule has 0 saturated heterocycles. The van der Waals surface area contributed by atoms with E-state index in [1.807, 2.05) is 48.5 Å². The summed E-state index contributed by atoms with van der Waals surface area (Å²) in [6.45, 7) is 0. The lowest BCUT2D eigenvalue weighted by atomic mass is 9.94. The summed E-state index contributed by atoms with van der Waals surface area (Å²) in [7, 11) is 6.43. The number of nitrogens with zero attached hydrogens (tertiary/aromatic N) is 4. The smallest absolute Gasteiger partial charge is 0.221 e. The maximum absolute atomic E-state index is 6.10. The molecule has 12 nitrogen and oxygen atoms in total. The summed E-state index contributed by atoms with van der Waals surface area (Å²) in [6.07, 6.45) is 4.22. The molecule has 5 aromatic rings. The van der Waals surface area contributed by atoms with Crippen LogP contribution in [-0.4, -0.2) is 48.4 Å². The minimum absolute atomic E-state index is 0.127. The highest BCUT2D eigenvalue weighted by Gasteiger charge is 2.18. The Morgan fingerprint density at radius 3 is 1.25 bits per heavy atom. The number of nitrogen functional groups attached to an aromatic ring is 4. The Kier molecular flexibility index (Phi) is 8.51. The molecule has 0 bridgehead atoms. The summed E-state index contributed by atoms with van der Waals surface area (Å²) in [4.78, 5) is 16.3. The summed E-state index contributed by atoms with van der Waals surface area (Å²) < 4.78 is 22.9. The van der Waals surface area contributed by atoms with Crippen molar-refractivity contribution in [2.75, 3.05) is 51.4 Å². The van der Waals surface area contributed by atoms with Crippen LogP contribution in [0.25, 0.3) is 22.3 Å². The zero-order chi connectivity index (χ0) is 31.4. The molecule has 0 amide bonds. The van der Waals surface area contributed by atoms with Gasteiger partial charge in [0.15, 0.2) is 23.0 Å². The van der Waals surface area contributed by atoms with E-state index in [0.717, 1.165) is 44.5 Å². The molecular formula is C32H34N8O4. The topological polar surface area (TPSA) is 193 Å². The van der Waals surface area contributed by atoms with E-state index in [9.17, 15) is 0 Å². The molecule has 226 valence electrons. The molecule has 2 heterocycles. The lowest BCUT2D eigenvalue weighted by Crippen LogP contribution is -2.04. The number of aromatic nitrogens is 4. The molecule has 0 atom stereocenters. The Bertz CT molecular complexity index is 1680. The molecule has 0 fully saturated rings. The van der Waals surface area contributed by atoms with Gasteiger partial charge < -0.3 is 41.9 Å². The molecule has 0 aliphatic heterocycles. The van der Waals surface area contributed by atoms with Crippen LogP contribution in [-0.2, 0) is 12.8 Å². The molecular weight excluding hydrogens is 560 g/mol. The van der Waals surface area contributed by atoms with Crippen molar-refractivity contribution >= 4 is 23.5 Å². The van der Waals surface area contributed by atoms with E-state index in [-0.39, 0.29) is 11.9 Å². The Hall–Kier alpha value is -5.78. The maximum atomic E-state index is 6.10. The molecule has 0 aliphatic rings. The second-order valence-electron chi connectivity index (χ2n) is 9.97. The van der Waals surface area contributed by atoms with Crippen molar-refractivity contribution in [1.82, 2.24) is 19.9 Å². The number of anilines is 4. The molecule has 8 N–H and O–H groups in total. The van der Waals surface area contributed by atoms with Crippen molar-refractivity contribution in [1.29, 1.82) is 0 Å². The van der Waals surface area contributed by atoms with Crippen molar-refractivity contribution in [2.24, 2.45) is 0 Å². The first-order valence-corrected chi connectivity index (χ1v) is 13.6. The number of rotatable bonds is 10. The molecule has 2 aromatic heterocycles. The van der Waals surface area contributed by atoms with Crippen LogP contribution in [0.1, 0.15) is 22.3 Å². The minimum Gasteiger partial charge on any atom is -0.493 e. The predicted molar refractivity (Wildman–Crippen MR) is 171 cm³/mol. The first kappa shape index (κ1) is 29.7. The highest BCUT2D eigenvalue weighted by Crippen LogP contribution is 2.43. The highest BCUT2D eigenvalue weighted by atomic mass is 16.5. The van der Waals surface area contributed by atoms with Gasteiger partial charge in [0.2, 0.25) is 11.9 Å². The van der Waals surface area contributed by atoms with E-state index in [1.54, 1.807) is 40.8 Å². The number of nitrogens with two attached hydrogens (primary N) is 4. The van der Waals surface area contributed by atoms with E-state index >= 15 is 0 Å². The predicted octanol–water partition coefficient (Wildman–Crippen LogP) is 4.15. The molecule has 3 aromatic carbocycles. The molecule has 5 rings (SSSR count). The lowest BCUT2D eigenvalue weighted by molar-refractivity contribution is 0.355. The first-order chi connectivity index (χ1) is 21.2. The monoisotopic (exact) mass is 594 g/mol. The third-order valence-corrected chi connectivity index (χ3v) is 7.21. The number of benzene rings is 3. The fraction of sp³-hybridized carbons (Fsp3) is 0.188. The van der Waals surface area contributed by atoms with E-state index < -0.39 is 0 Å². The van der Waals surface area contributed by atoms with E-state index in [4.69, 9.17) is 41.9 Å². The number of hydrogen-bond donors (Lipinski definition) is 4. The third kappa shape index (κ3) is 6.04. The van der Waals surface area contributed by atoms with Gasteiger partial charge in [-0.05, 0) is 46.5 Å². The van der Waals surface area contributed by atoms with Gasteiger partial charge >= 0.3 is 0 Å². The number of hydrogen-bond acceptors (Lipinski definition) is 12. The summed E-state index contributed by atoms with van der Waals surface area (Å²) in [5.74, 6) is 3.30. The summed E-state index contributed by atoms with van der Waals surface area (Å²) in [6, 6.07) is 16.0. The van der Waals surface area contributed by atoms with Crippen molar-refractivity contribution in [3.05, 3.63) is 83.2 Å². The molecule has 0 saturated carbocycles. The SMILES string of the molecule is COc1cc(Cc2cnc(N)nc2N)cc(-c2ccc(-c3cc(Cc4cnc(N)nc4N)cc(OC)c3OC)cc2)c1OC. The second-order valence-corrected chi connectivity index (χ2v) is 9.97. The molecule has 0 unspecified atom stereocenters. The number of methoxy groups -OCH3 is 4. The van der Waals surface area contributed by atoms with Crippen molar-refractivity contribution in [2.45, 2.75) is 12.8 Å². The Morgan fingerprint density at radius 1 is 0.545 bits per heavy atom. The van der Waals surface area contributed by atoms with Gasteiger partial charge in [0.25, 0.3) is 0 Å². The van der Waals surface area contributed by atoms with Gasteiger partial charge in [-0.3, -0.25) is 0 Å². The van der Waals surface area contributed by atoms with Gasteiger partial charge in [-0.2, -0.15) is 9.97 Å². The van der Waals surface area contributed by atoms with Crippen molar-refractivity contribution < 1.29 is 18.9 Å². The lowest BCUT2D eigenvalue weighted by Gasteiger charge is -2.18. The van der Waals surface area contributed by atoms with Gasteiger partial charge in [-0.1, -0.05) is 24.3 Å². The second kappa shape index (κ2) is 12.6.